The van der Waals surface area contributed by atoms with E-state index in [4.69, 9.17) is 21.7 Å². The van der Waals surface area contributed by atoms with Crippen molar-refractivity contribution in [3.05, 3.63) is 0 Å². The van der Waals surface area contributed by atoms with Gasteiger partial charge in [-0.1, -0.05) is 0 Å². The van der Waals surface area contributed by atoms with Gasteiger partial charge in [-0.25, -0.2) is 0 Å². The molecular formula is C20H40N8O6. The van der Waals surface area contributed by atoms with Crippen molar-refractivity contribution in [2.45, 2.75) is 49.9 Å². The number of rotatable bonds is 12. The molecule has 0 aromatic carbocycles. The lowest BCUT2D eigenvalue weighted by Gasteiger charge is -2.38. The maximum atomic E-state index is 12.4. The fourth-order valence-corrected chi connectivity index (χ4v) is 3.54. The maximum Gasteiger partial charge on any atom is 0.303 e. The molecule has 1 aliphatic heterocycles. The minimum atomic E-state index is -0.955. The lowest BCUT2D eigenvalue weighted by molar-refractivity contribution is -0.138. The molecule has 12 N–H and O–H groups in total. The maximum absolute atomic E-state index is 12.4. The summed E-state index contributed by atoms with van der Waals surface area (Å²) >= 11 is 0. The van der Waals surface area contributed by atoms with Crippen LogP contribution in [0, 0.1) is 0 Å². The Kier molecular flexibility index (Phi) is 13.5. The van der Waals surface area contributed by atoms with Gasteiger partial charge >= 0.3 is 11.9 Å². The predicted octanol–water partition coefficient (Wildman–Crippen LogP) is -3.59. The molecule has 1 aliphatic rings. The number of hydrogen-bond donors (Lipinski definition) is 10. The zero-order chi connectivity index (χ0) is 25.5. The van der Waals surface area contributed by atoms with Crippen LogP contribution in [0.1, 0.15) is 38.5 Å². The predicted molar refractivity (Wildman–Crippen MR) is 125 cm³/mol. The van der Waals surface area contributed by atoms with Gasteiger partial charge in [0.05, 0.1) is 0 Å². The van der Waals surface area contributed by atoms with E-state index < -0.39 is 23.3 Å². The summed E-state index contributed by atoms with van der Waals surface area (Å²) in [7, 11) is 0. The van der Waals surface area contributed by atoms with Crippen molar-refractivity contribution < 1.29 is 29.4 Å². The zero-order valence-corrected chi connectivity index (χ0v) is 19.6. The Bertz CT molecular complexity index is 625. The second-order valence-electron chi connectivity index (χ2n) is 8.37. The topological polar surface area (TPSA) is 233 Å². The molecule has 14 nitrogen and oxygen atoms in total. The summed E-state index contributed by atoms with van der Waals surface area (Å²) in [5, 5.41) is 36.3. The van der Waals surface area contributed by atoms with Crippen molar-refractivity contribution in [2.24, 2.45) is 11.5 Å². The van der Waals surface area contributed by atoms with Crippen LogP contribution >= 0.6 is 0 Å². The third-order valence-electron chi connectivity index (χ3n) is 5.43. The van der Waals surface area contributed by atoms with Crippen LogP contribution in [0.25, 0.3) is 0 Å². The molecule has 14 heteroatoms. The van der Waals surface area contributed by atoms with E-state index in [1.165, 1.54) is 0 Å². The monoisotopic (exact) mass is 488 g/mol. The van der Waals surface area contributed by atoms with Crippen molar-refractivity contribution in [2.75, 3.05) is 52.4 Å². The van der Waals surface area contributed by atoms with Crippen molar-refractivity contribution in [1.82, 2.24) is 31.9 Å². The summed E-state index contributed by atoms with van der Waals surface area (Å²) in [6, 6.07) is 0. The van der Waals surface area contributed by atoms with Crippen molar-refractivity contribution in [3.8, 4) is 0 Å². The largest absolute Gasteiger partial charge is 0.481 e. The van der Waals surface area contributed by atoms with Gasteiger partial charge < -0.3 is 42.9 Å². The third-order valence-corrected chi connectivity index (χ3v) is 5.43. The lowest BCUT2D eigenvalue weighted by Crippen LogP contribution is -2.72. The van der Waals surface area contributed by atoms with Crippen LogP contribution < -0.4 is 43.4 Å². The van der Waals surface area contributed by atoms with Crippen molar-refractivity contribution in [3.63, 3.8) is 0 Å². The Morgan fingerprint density at radius 2 is 1.06 bits per heavy atom. The highest BCUT2D eigenvalue weighted by molar-refractivity contribution is 5.78. The molecule has 196 valence electrons. The second kappa shape index (κ2) is 15.5. The number of carbonyl (C=O) groups excluding carboxylic acids is 2. The minimum Gasteiger partial charge on any atom is -0.481 e. The van der Waals surface area contributed by atoms with Gasteiger partial charge in [-0.2, -0.15) is 0 Å². The van der Waals surface area contributed by atoms with Crippen LogP contribution in [0.5, 0.6) is 0 Å². The number of aliphatic carboxylic acids is 2. The third kappa shape index (κ3) is 11.7. The summed E-state index contributed by atoms with van der Waals surface area (Å²) in [6.45, 7) is 2.77. The van der Waals surface area contributed by atoms with E-state index in [1.54, 1.807) is 0 Å². The van der Waals surface area contributed by atoms with Gasteiger partial charge in [-0.3, -0.25) is 29.8 Å². The molecule has 0 aromatic heterocycles. The fraction of sp³-hybridized carbons (Fsp3) is 0.800. The van der Waals surface area contributed by atoms with Crippen LogP contribution in [0.3, 0.4) is 0 Å². The molecule has 1 saturated heterocycles. The SMILES string of the molecule is NC[C@]1(NC(=O)CCCC(=O)O)CNCCNC[C@@](CN)(NC(=O)CCCC(=O)O)NCCN1. The van der Waals surface area contributed by atoms with E-state index in [9.17, 15) is 19.2 Å². The van der Waals surface area contributed by atoms with Crippen molar-refractivity contribution in [1.29, 1.82) is 0 Å². The number of nitrogens with two attached hydrogens (primary N) is 2. The van der Waals surface area contributed by atoms with Gasteiger partial charge in [0.1, 0.15) is 11.3 Å². The van der Waals surface area contributed by atoms with Gasteiger partial charge in [-0.15, -0.1) is 0 Å². The molecule has 34 heavy (non-hydrogen) atoms. The summed E-state index contributed by atoms with van der Waals surface area (Å²) in [5.74, 6) is -2.51. The Morgan fingerprint density at radius 3 is 1.38 bits per heavy atom. The van der Waals surface area contributed by atoms with E-state index in [0.29, 0.717) is 39.3 Å². The van der Waals surface area contributed by atoms with Gasteiger partial charge in [0.15, 0.2) is 0 Å². The van der Waals surface area contributed by atoms with Crippen LogP contribution in [0.15, 0.2) is 0 Å². The first-order valence-corrected chi connectivity index (χ1v) is 11.5. The standard InChI is InChI=1S/C20H40N8O6/c21-11-19(27-15(29)3-1-5-17(31)32)13-23-7-8-24-14-20(12-22,26-10-9-25-19)28-16(30)4-2-6-18(33)34/h23-26H,1-14,21-22H2,(H,27,29)(H,28,30)(H,31,32)(H,33,34)/t19-,20+. The van der Waals surface area contributed by atoms with E-state index in [0.717, 1.165) is 0 Å². The molecule has 2 atom stereocenters. The summed E-state index contributed by atoms with van der Waals surface area (Å²) in [5.41, 5.74) is 10.1. The smallest absolute Gasteiger partial charge is 0.303 e. The molecule has 0 radical (unpaired) electrons. The average molecular weight is 489 g/mol. The van der Waals surface area contributed by atoms with Gasteiger partial charge in [0, 0.05) is 78.0 Å². The Labute approximate surface area is 199 Å². The van der Waals surface area contributed by atoms with E-state index in [-0.39, 0.29) is 63.4 Å². The molecule has 0 aliphatic carbocycles. The molecule has 2 amide bonds. The summed E-state index contributed by atoms with van der Waals surface area (Å²) in [4.78, 5) is 46.1. The molecule has 0 spiro atoms. The summed E-state index contributed by atoms with van der Waals surface area (Å²) in [6.07, 6.45) is 0.415. The quantitative estimate of drug-likeness (QED) is 0.128. The molecule has 0 bridgehead atoms. The Morgan fingerprint density at radius 1 is 0.676 bits per heavy atom. The molecule has 0 aromatic rings. The zero-order valence-electron chi connectivity index (χ0n) is 19.6. The van der Waals surface area contributed by atoms with Crippen LogP contribution in [0.4, 0.5) is 0 Å². The fourth-order valence-electron chi connectivity index (χ4n) is 3.54. The van der Waals surface area contributed by atoms with E-state index in [1.807, 2.05) is 0 Å². The number of carboxylic acids is 2. The van der Waals surface area contributed by atoms with Gasteiger partial charge in [-0.05, 0) is 12.8 Å². The van der Waals surface area contributed by atoms with Crippen LogP contribution in [-0.2, 0) is 19.2 Å². The van der Waals surface area contributed by atoms with Gasteiger partial charge in [0.2, 0.25) is 11.8 Å². The first kappa shape index (κ1) is 29.7. The Balaban J connectivity index is 2.75. The highest BCUT2D eigenvalue weighted by atomic mass is 16.4. The van der Waals surface area contributed by atoms with E-state index in [2.05, 4.69) is 31.9 Å². The number of amides is 2. The molecular weight excluding hydrogens is 448 g/mol. The van der Waals surface area contributed by atoms with Gasteiger partial charge in [0.25, 0.3) is 0 Å². The molecule has 1 rings (SSSR count). The molecule has 1 heterocycles. The number of carboxylic acid groups (broad SMARTS) is 2. The highest BCUT2D eigenvalue weighted by Crippen LogP contribution is 2.04. The molecule has 1 fully saturated rings. The number of carbonyl (C=O) groups is 4. The average Bonchev–Trinajstić information content (AvgIpc) is 2.77. The first-order chi connectivity index (χ1) is 16.2. The van der Waals surface area contributed by atoms with Crippen LogP contribution in [-0.4, -0.2) is 97.6 Å². The normalized spacial score (nSPS) is 24.3. The van der Waals surface area contributed by atoms with E-state index >= 15 is 0 Å². The van der Waals surface area contributed by atoms with Crippen LogP contribution in [0.2, 0.25) is 0 Å². The van der Waals surface area contributed by atoms with Crippen molar-refractivity contribution >= 4 is 23.8 Å². The highest BCUT2D eigenvalue weighted by Gasteiger charge is 2.32. The number of nitrogens with one attached hydrogen (secondary N) is 6. The second-order valence-corrected chi connectivity index (χ2v) is 8.37. The summed E-state index contributed by atoms with van der Waals surface area (Å²) < 4.78 is 0. The first-order valence-electron chi connectivity index (χ1n) is 11.5. The molecule has 0 saturated carbocycles. The minimum absolute atomic E-state index is 0.0692. The lowest BCUT2D eigenvalue weighted by atomic mass is 10.1. The number of hydrogen-bond acceptors (Lipinski definition) is 10. The molecule has 0 unspecified atom stereocenters. The Hall–Kier alpha value is -2.36.